The van der Waals surface area contributed by atoms with Crippen molar-refractivity contribution in [2.45, 2.75) is 6.42 Å². The van der Waals surface area contributed by atoms with Gasteiger partial charge in [0.15, 0.2) is 0 Å². The van der Waals surface area contributed by atoms with Crippen LogP contribution in [-0.4, -0.2) is 16.5 Å². The zero-order valence-corrected chi connectivity index (χ0v) is 7.62. The van der Waals surface area contributed by atoms with Gasteiger partial charge in [-0.05, 0) is 17.9 Å². The second-order valence-corrected chi connectivity index (χ2v) is 3.42. The highest BCUT2D eigenvalue weighted by Crippen LogP contribution is 2.29. The zero-order chi connectivity index (χ0) is 9.54. The molecular weight excluding hydrogens is 176 g/mol. The summed E-state index contributed by atoms with van der Waals surface area (Å²) >= 11 is 0. The molecule has 0 bridgehead atoms. The van der Waals surface area contributed by atoms with Crippen LogP contribution in [0.25, 0.3) is 10.8 Å². The number of anilines is 2. The van der Waals surface area contributed by atoms with Gasteiger partial charge in [-0.2, -0.15) is 0 Å². The molecule has 4 heteroatoms. The smallest absolute Gasteiger partial charge is 0.132 e. The minimum atomic E-state index is 0.560. The Labute approximate surface area is 81.2 Å². The molecule has 0 atom stereocenters. The van der Waals surface area contributed by atoms with Gasteiger partial charge in [0, 0.05) is 29.9 Å². The second kappa shape index (κ2) is 2.57. The lowest BCUT2D eigenvalue weighted by atomic mass is 10.1. The Morgan fingerprint density at radius 1 is 1.29 bits per heavy atom. The first-order chi connectivity index (χ1) is 6.86. The minimum Gasteiger partial charge on any atom is -0.383 e. The van der Waals surface area contributed by atoms with E-state index in [2.05, 4.69) is 15.3 Å². The Balaban J connectivity index is 2.44. The Morgan fingerprint density at radius 2 is 2.21 bits per heavy atom. The molecule has 14 heavy (non-hydrogen) atoms. The van der Waals surface area contributed by atoms with Gasteiger partial charge in [-0.3, -0.25) is 0 Å². The number of rotatable bonds is 0. The highest BCUT2D eigenvalue weighted by molar-refractivity contribution is 5.95. The molecule has 0 aromatic carbocycles. The molecule has 0 saturated heterocycles. The molecule has 1 aliphatic heterocycles. The van der Waals surface area contributed by atoms with E-state index in [1.165, 1.54) is 10.9 Å². The van der Waals surface area contributed by atoms with E-state index in [0.29, 0.717) is 5.82 Å². The maximum absolute atomic E-state index is 5.78. The van der Waals surface area contributed by atoms with E-state index in [9.17, 15) is 0 Å². The van der Waals surface area contributed by atoms with Crippen molar-refractivity contribution in [3.05, 3.63) is 24.0 Å². The molecule has 3 N–H and O–H groups in total. The zero-order valence-electron chi connectivity index (χ0n) is 7.62. The van der Waals surface area contributed by atoms with Crippen LogP contribution < -0.4 is 11.1 Å². The summed E-state index contributed by atoms with van der Waals surface area (Å²) in [6.07, 6.45) is 4.55. The summed E-state index contributed by atoms with van der Waals surface area (Å²) in [5.74, 6) is 1.55. The lowest BCUT2D eigenvalue weighted by Crippen LogP contribution is -1.95. The summed E-state index contributed by atoms with van der Waals surface area (Å²) < 4.78 is 0. The van der Waals surface area contributed by atoms with Gasteiger partial charge in [-0.15, -0.1) is 0 Å². The van der Waals surface area contributed by atoms with Crippen LogP contribution in [0.3, 0.4) is 0 Å². The normalized spacial score (nSPS) is 14.0. The van der Waals surface area contributed by atoms with Crippen LogP contribution in [-0.2, 0) is 6.42 Å². The van der Waals surface area contributed by atoms with Gasteiger partial charge in [0.1, 0.15) is 11.6 Å². The van der Waals surface area contributed by atoms with Crippen LogP contribution in [0.1, 0.15) is 5.56 Å². The van der Waals surface area contributed by atoms with Crippen molar-refractivity contribution in [3.63, 3.8) is 0 Å². The van der Waals surface area contributed by atoms with Gasteiger partial charge in [-0.25, -0.2) is 9.97 Å². The molecule has 2 aromatic rings. The standard InChI is InChI=1S/C10H10N4/c11-9-8-5-14-10-7(2-4-13-10)6(8)1-3-12-9/h1,3,5H,2,4H2,(H2,11,12)(H,13,14). The molecule has 3 heterocycles. The van der Waals surface area contributed by atoms with Crippen molar-refractivity contribution in [3.8, 4) is 0 Å². The van der Waals surface area contributed by atoms with Crippen LogP contribution in [0.4, 0.5) is 11.6 Å². The van der Waals surface area contributed by atoms with Gasteiger partial charge < -0.3 is 11.1 Å². The summed E-state index contributed by atoms with van der Waals surface area (Å²) in [5.41, 5.74) is 7.04. The quantitative estimate of drug-likeness (QED) is 0.648. The summed E-state index contributed by atoms with van der Waals surface area (Å²) in [7, 11) is 0. The molecule has 0 amide bonds. The number of pyridine rings is 2. The minimum absolute atomic E-state index is 0.560. The second-order valence-electron chi connectivity index (χ2n) is 3.42. The maximum atomic E-state index is 5.78. The Kier molecular flexibility index (Phi) is 1.39. The lowest BCUT2D eigenvalue weighted by molar-refractivity contribution is 1.11. The number of nitrogens with one attached hydrogen (secondary N) is 1. The number of aromatic nitrogens is 2. The molecule has 0 saturated carbocycles. The number of nitrogens with two attached hydrogens (primary N) is 1. The van der Waals surface area contributed by atoms with E-state index < -0.39 is 0 Å². The predicted molar refractivity (Wildman–Crippen MR) is 56.1 cm³/mol. The first-order valence-corrected chi connectivity index (χ1v) is 4.62. The van der Waals surface area contributed by atoms with Gasteiger partial charge in [-0.1, -0.05) is 0 Å². The van der Waals surface area contributed by atoms with Crippen molar-refractivity contribution in [1.82, 2.24) is 9.97 Å². The van der Waals surface area contributed by atoms with Gasteiger partial charge in [0.2, 0.25) is 0 Å². The molecule has 0 radical (unpaired) electrons. The third-order valence-electron chi connectivity index (χ3n) is 2.62. The van der Waals surface area contributed by atoms with Crippen molar-refractivity contribution >= 4 is 22.4 Å². The van der Waals surface area contributed by atoms with E-state index in [1.807, 2.05) is 6.07 Å². The van der Waals surface area contributed by atoms with Gasteiger partial charge >= 0.3 is 0 Å². The van der Waals surface area contributed by atoms with E-state index >= 15 is 0 Å². The van der Waals surface area contributed by atoms with E-state index in [1.54, 1.807) is 12.4 Å². The average Bonchev–Trinajstić information content (AvgIpc) is 2.66. The highest BCUT2D eigenvalue weighted by atomic mass is 15.0. The third kappa shape index (κ3) is 0.878. The first kappa shape index (κ1) is 7.55. The monoisotopic (exact) mass is 186 g/mol. The molecule has 70 valence electrons. The molecule has 0 unspecified atom stereocenters. The highest BCUT2D eigenvalue weighted by Gasteiger charge is 2.15. The Hall–Kier alpha value is -1.84. The van der Waals surface area contributed by atoms with Gasteiger partial charge in [0.25, 0.3) is 0 Å². The topological polar surface area (TPSA) is 63.8 Å². The van der Waals surface area contributed by atoms with Crippen LogP contribution in [0.15, 0.2) is 18.5 Å². The van der Waals surface area contributed by atoms with Crippen LogP contribution in [0.2, 0.25) is 0 Å². The maximum Gasteiger partial charge on any atom is 0.132 e. The molecule has 2 aromatic heterocycles. The summed E-state index contributed by atoms with van der Waals surface area (Å²) in [4.78, 5) is 8.37. The first-order valence-electron chi connectivity index (χ1n) is 4.62. The summed E-state index contributed by atoms with van der Waals surface area (Å²) in [6, 6.07) is 2.00. The number of hydrogen-bond acceptors (Lipinski definition) is 4. The fourth-order valence-electron chi connectivity index (χ4n) is 1.93. The van der Waals surface area contributed by atoms with Crippen molar-refractivity contribution in [1.29, 1.82) is 0 Å². The molecule has 3 rings (SSSR count). The number of fused-ring (bicyclic) bond motifs is 3. The van der Waals surface area contributed by atoms with Crippen LogP contribution >= 0.6 is 0 Å². The van der Waals surface area contributed by atoms with Crippen LogP contribution in [0, 0.1) is 0 Å². The molecule has 4 nitrogen and oxygen atoms in total. The predicted octanol–water partition coefficient (Wildman–Crippen LogP) is 1.18. The third-order valence-corrected chi connectivity index (χ3v) is 2.62. The van der Waals surface area contributed by atoms with Crippen molar-refractivity contribution in [2.24, 2.45) is 0 Å². The van der Waals surface area contributed by atoms with Crippen molar-refractivity contribution < 1.29 is 0 Å². The molecule has 0 fully saturated rings. The van der Waals surface area contributed by atoms with E-state index in [-0.39, 0.29) is 0 Å². The fourth-order valence-corrected chi connectivity index (χ4v) is 1.93. The fraction of sp³-hybridized carbons (Fsp3) is 0.200. The largest absolute Gasteiger partial charge is 0.383 e. The molecule has 1 aliphatic rings. The molecule has 0 aliphatic carbocycles. The lowest BCUT2D eigenvalue weighted by Gasteiger charge is -2.04. The summed E-state index contributed by atoms with van der Waals surface area (Å²) in [5, 5.41) is 5.37. The van der Waals surface area contributed by atoms with E-state index in [0.717, 1.165) is 24.2 Å². The van der Waals surface area contributed by atoms with Crippen LogP contribution in [0.5, 0.6) is 0 Å². The van der Waals surface area contributed by atoms with Gasteiger partial charge in [0.05, 0.1) is 0 Å². The number of nitrogen functional groups attached to an aromatic ring is 1. The van der Waals surface area contributed by atoms with E-state index in [4.69, 9.17) is 5.73 Å². The van der Waals surface area contributed by atoms with Crippen molar-refractivity contribution in [2.75, 3.05) is 17.6 Å². The SMILES string of the molecule is Nc1nccc2c3c(ncc12)NCC3. The summed E-state index contributed by atoms with van der Waals surface area (Å²) in [6.45, 7) is 0.962. The molecule has 0 spiro atoms. The number of nitrogens with zero attached hydrogens (tertiary/aromatic N) is 2. The Morgan fingerprint density at radius 3 is 3.14 bits per heavy atom. The average molecular weight is 186 g/mol. The Bertz CT molecular complexity index is 507. The molecular formula is C10H10N4. The number of hydrogen-bond donors (Lipinski definition) is 2.